The molecule has 0 radical (unpaired) electrons. The third kappa shape index (κ3) is 8.02. The topological polar surface area (TPSA) is 126 Å². The van der Waals surface area contributed by atoms with Gasteiger partial charge < -0.3 is 46.1 Å². The van der Waals surface area contributed by atoms with E-state index < -0.39 is 28.3 Å². The van der Waals surface area contributed by atoms with Crippen LogP contribution in [0.3, 0.4) is 0 Å². The first-order valence-corrected chi connectivity index (χ1v) is 25.3. The van der Waals surface area contributed by atoms with Gasteiger partial charge in [0.05, 0.1) is 61.0 Å². The van der Waals surface area contributed by atoms with Gasteiger partial charge >= 0.3 is 17.1 Å². The highest BCUT2D eigenvalue weighted by atomic mass is 28.4. The Labute approximate surface area is 349 Å². The summed E-state index contributed by atoms with van der Waals surface area (Å²) in [6, 6.07) is 0. The molecule has 0 N–H and O–H groups in total. The molecule has 0 aromatic rings. The number of carbonyl (C=O) groups excluding carboxylic acids is 2. The number of fused-ring (bicyclic) bond motifs is 6. The summed E-state index contributed by atoms with van der Waals surface area (Å²) in [5, 5.41) is -0.259. The van der Waals surface area contributed by atoms with Gasteiger partial charge in [-0.25, -0.2) is 0 Å². The monoisotopic (exact) mass is 848 g/mol. The highest BCUT2D eigenvalue weighted by Crippen LogP contribution is 2.58. The van der Waals surface area contributed by atoms with E-state index in [1.165, 1.54) is 0 Å². The minimum atomic E-state index is -2.55. The lowest BCUT2D eigenvalue weighted by Crippen LogP contribution is -2.70. The number of hydrogen-bond acceptors (Lipinski definition) is 12. The van der Waals surface area contributed by atoms with Crippen molar-refractivity contribution < 1.29 is 55.7 Å². The van der Waals surface area contributed by atoms with Crippen molar-refractivity contribution in [3.05, 3.63) is 24.3 Å². The van der Waals surface area contributed by atoms with Crippen molar-refractivity contribution >= 4 is 28.7 Å². The van der Waals surface area contributed by atoms with Gasteiger partial charge in [0.25, 0.3) is 0 Å². The molecule has 8 aliphatic heterocycles. The second kappa shape index (κ2) is 15.3. The Kier molecular flexibility index (Phi) is 11.8. The van der Waals surface area contributed by atoms with Crippen molar-refractivity contribution in [2.45, 2.75) is 215 Å². The molecule has 0 aromatic carbocycles. The summed E-state index contributed by atoms with van der Waals surface area (Å²) in [6.45, 7) is 32.3. The third-order valence-corrected chi connectivity index (χ3v) is 24.1. The van der Waals surface area contributed by atoms with Crippen LogP contribution in [-0.2, 0) is 55.7 Å². The van der Waals surface area contributed by atoms with Crippen LogP contribution < -0.4 is 0 Å². The van der Waals surface area contributed by atoms with E-state index in [2.05, 4.69) is 96.9 Å². The van der Waals surface area contributed by atoms with Crippen LogP contribution in [0.1, 0.15) is 123 Å². The predicted octanol–water partition coefficient (Wildman–Crippen LogP) is 7.35. The predicted molar refractivity (Wildman–Crippen MR) is 222 cm³/mol. The van der Waals surface area contributed by atoms with Crippen molar-refractivity contribution in [2.24, 2.45) is 0 Å². The van der Waals surface area contributed by atoms with E-state index in [0.717, 1.165) is 12.8 Å². The molecule has 8 aliphatic rings. The summed E-state index contributed by atoms with van der Waals surface area (Å²) in [4.78, 5) is 23.5. The molecule has 328 valence electrons. The molecule has 58 heavy (non-hydrogen) atoms. The summed E-state index contributed by atoms with van der Waals surface area (Å²) in [7, 11) is -5.11. The van der Waals surface area contributed by atoms with Gasteiger partial charge in [-0.2, -0.15) is 0 Å². The van der Waals surface area contributed by atoms with Crippen molar-refractivity contribution in [3.8, 4) is 0 Å². The Balaban J connectivity index is 0.000000177. The normalized spacial score (nSPS) is 42.4. The summed E-state index contributed by atoms with van der Waals surface area (Å²) in [5.41, 5.74) is -0.951. The van der Waals surface area contributed by atoms with Crippen LogP contribution >= 0.6 is 0 Å². The maximum atomic E-state index is 11.8. The molecule has 6 saturated heterocycles. The van der Waals surface area contributed by atoms with E-state index in [9.17, 15) is 9.59 Å². The summed E-state index contributed by atoms with van der Waals surface area (Å²) >= 11 is 0. The molecule has 0 saturated carbocycles. The number of ether oxygens (including phenoxy) is 6. The Bertz CT molecular complexity index is 1470. The fraction of sp³-hybridized carbons (Fsp3) is 0.864. The quantitative estimate of drug-likeness (QED) is 0.227. The molecular formula is C44H72O12Si2. The van der Waals surface area contributed by atoms with E-state index in [1.807, 2.05) is 12.2 Å². The fourth-order valence-electron chi connectivity index (χ4n) is 11.3. The lowest BCUT2D eigenvalue weighted by molar-refractivity contribution is -0.291. The fourth-order valence-corrected chi connectivity index (χ4v) is 21.2. The van der Waals surface area contributed by atoms with Gasteiger partial charge in [0.15, 0.2) is 11.6 Å². The first kappa shape index (κ1) is 44.9. The molecule has 12 atom stereocenters. The Morgan fingerprint density at radius 2 is 0.879 bits per heavy atom. The van der Waals surface area contributed by atoms with Crippen LogP contribution in [0.4, 0.5) is 0 Å². The first-order valence-electron chi connectivity index (χ1n) is 21.6. The molecule has 8 rings (SSSR count). The van der Waals surface area contributed by atoms with Gasteiger partial charge in [0.2, 0.25) is 0 Å². The molecule has 8 heterocycles. The molecule has 0 amide bonds. The van der Waals surface area contributed by atoms with Crippen LogP contribution in [0.5, 0.6) is 0 Å². The summed E-state index contributed by atoms with van der Waals surface area (Å²) in [5.74, 6) is -0.0397. The van der Waals surface area contributed by atoms with Crippen molar-refractivity contribution in [1.29, 1.82) is 0 Å². The van der Waals surface area contributed by atoms with Crippen LogP contribution in [-0.4, -0.2) is 127 Å². The van der Waals surface area contributed by atoms with Gasteiger partial charge in [-0.05, 0) is 38.2 Å². The number of rotatable bonds is 0. The van der Waals surface area contributed by atoms with Gasteiger partial charge in [-0.15, -0.1) is 0 Å². The Morgan fingerprint density at radius 3 is 1.21 bits per heavy atom. The van der Waals surface area contributed by atoms with E-state index in [1.54, 1.807) is 12.2 Å². The minimum Gasteiger partial charge on any atom is -0.391 e. The molecule has 14 heteroatoms. The highest BCUT2D eigenvalue weighted by molar-refractivity contribution is 6.74. The zero-order valence-electron chi connectivity index (χ0n) is 37.6. The molecule has 6 fully saturated rings. The third-order valence-electron chi connectivity index (χ3n) is 13.8. The molecule has 0 unspecified atom stereocenters. The van der Waals surface area contributed by atoms with Crippen LogP contribution in [0.25, 0.3) is 0 Å². The van der Waals surface area contributed by atoms with Gasteiger partial charge in [0.1, 0.15) is 37.6 Å². The molecule has 12 nitrogen and oxygen atoms in total. The van der Waals surface area contributed by atoms with E-state index >= 15 is 0 Å². The zero-order valence-corrected chi connectivity index (χ0v) is 39.6. The van der Waals surface area contributed by atoms with Crippen molar-refractivity contribution in [3.63, 3.8) is 0 Å². The second-order valence-electron chi connectivity index (χ2n) is 22.5. The lowest BCUT2D eigenvalue weighted by Gasteiger charge is -2.59. The van der Waals surface area contributed by atoms with Crippen molar-refractivity contribution in [1.82, 2.24) is 0 Å². The second-order valence-corrected chi connectivity index (χ2v) is 32.0. The average molecular weight is 849 g/mol. The zero-order chi connectivity index (χ0) is 42.5. The van der Waals surface area contributed by atoms with Gasteiger partial charge in [-0.3, -0.25) is 9.59 Å². The SMILES string of the molecule is CC(C)(C)[Si]1(C(C)(C)C)OC[C@H]2O[C@H]3C[C@H]4OCC(=O)C=C[C@@H]4O[C@]3(C)C[C@@H]2O1.CC(C)(C)[Si]1(C(C)(C)C)OC[C@H]2O[C@H]3C[C@H]4OCC(=O)C=C[C@@H]4O[C@]3(C)C[C@@H]2O1. The standard InChI is InChI=1S/2C22H36O6Si/c2*1-20(2,3)29(21(4,5)6)25-13-18-17(28-29)11-22(7)19(26-18)10-16-15(27-22)9-8-14(23)12-24-16/h2*8-9,15-19H,10-13H2,1-7H3/t2*15-,16+,17-,18+,19-,22+/m00/s1. The lowest BCUT2D eigenvalue weighted by atomic mass is 9.80. The maximum absolute atomic E-state index is 11.8. The van der Waals surface area contributed by atoms with E-state index in [0.29, 0.717) is 26.1 Å². The Morgan fingerprint density at radius 1 is 0.534 bits per heavy atom. The average Bonchev–Trinajstić information content (AvgIpc) is 3.38. The van der Waals surface area contributed by atoms with Crippen LogP contribution in [0.15, 0.2) is 24.3 Å². The first-order chi connectivity index (χ1) is 26.7. The minimum absolute atomic E-state index is 0.0198. The largest absolute Gasteiger partial charge is 0.391 e. The van der Waals surface area contributed by atoms with Gasteiger partial charge in [0, 0.05) is 45.8 Å². The number of carbonyl (C=O) groups is 2. The molecule has 0 spiro atoms. The summed E-state index contributed by atoms with van der Waals surface area (Å²) < 4.78 is 64.6. The highest BCUT2D eigenvalue weighted by Gasteiger charge is 2.66. The number of hydrogen-bond donors (Lipinski definition) is 0. The van der Waals surface area contributed by atoms with Crippen LogP contribution in [0.2, 0.25) is 20.2 Å². The van der Waals surface area contributed by atoms with Gasteiger partial charge in [-0.1, -0.05) is 83.1 Å². The van der Waals surface area contributed by atoms with E-state index in [-0.39, 0.29) is 106 Å². The molecule has 0 aromatic heterocycles. The van der Waals surface area contributed by atoms with E-state index in [4.69, 9.17) is 46.1 Å². The molecule has 0 aliphatic carbocycles. The Hall–Kier alpha value is -1.15. The van der Waals surface area contributed by atoms with Crippen LogP contribution in [0, 0.1) is 0 Å². The summed E-state index contributed by atoms with van der Waals surface area (Å²) in [6.07, 6.45) is 8.55. The number of ketones is 2. The smallest absolute Gasteiger partial charge is 0.349 e. The molecule has 0 bridgehead atoms. The molecular weight excluding hydrogens is 777 g/mol. The van der Waals surface area contributed by atoms with Crippen molar-refractivity contribution in [2.75, 3.05) is 26.4 Å². The maximum Gasteiger partial charge on any atom is 0.349 e.